The molecule has 8 heteroatoms. The molecule has 1 aromatic heterocycles. The van der Waals surface area contributed by atoms with Gasteiger partial charge in [0.05, 0.1) is 6.61 Å². The number of anilines is 2. The highest BCUT2D eigenvalue weighted by Crippen LogP contribution is 2.25. The van der Waals surface area contributed by atoms with E-state index in [4.69, 9.17) is 4.74 Å². The molecule has 1 aromatic carbocycles. The van der Waals surface area contributed by atoms with Gasteiger partial charge >= 0.3 is 6.03 Å². The Bertz CT molecular complexity index is 646. The Morgan fingerprint density at radius 2 is 2.09 bits per heavy atom. The molecule has 0 aliphatic carbocycles. The lowest BCUT2D eigenvalue weighted by Gasteiger charge is -2.07. The van der Waals surface area contributed by atoms with Gasteiger partial charge in [-0.15, -0.1) is 10.2 Å². The molecule has 0 radical (unpaired) electrons. The molecular formula is C14H18N4O2S2. The van der Waals surface area contributed by atoms with Crippen molar-refractivity contribution in [1.29, 1.82) is 0 Å². The van der Waals surface area contributed by atoms with Crippen molar-refractivity contribution >= 4 is 39.9 Å². The summed E-state index contributed by atoms with van der Waals surface area (Å²) in [5, 5.41) is 13.9. The zero-order valence-corrected chi connectivity index (χ0v) is 14.3. The smallest absolute Gasteiger partial charge is 0.325 e. The van der Waals surface area contributed by atoms with E-state index in [9.17, 15) is 4.79 Å². The average molecular weight is 338 g/mol. The van der Waals surface area contributed by atoms with E-state index in [0.29, 0.717) is 11.7 Å². The number of benzene rings is 1. The first-order valence-corrected chi connectivity index (χ1v) is 8.49. The minimum absolute atomic E-state index is 0.326. The van der Waals surface area contributed by atoms with Crippen LogP contribution in [0.4, 0.5) is 15.6 Å². The van der Waals surface area contributed by atoms with Crippen LogP contribution in [0.2, 0.25) is 0 Å². The molecule has 2 aromatic rings. The first-order chi connectivity index (χ1) is 10.6. The molecule has 0 aliphatic rings. The number of nitrogens with zero attached hydrogens (tertiary/aromatic N) is 2. The second-order valence-corrected chi connectivity index (χ2v) is 6.91. The van der Waals surface area contributed by atoms with E-state index in [1.165, 1.54) is 16.9 Å². The monoisotopic (exact) mass is 338 g/mol. The van der Waals surface area contributed by atoms with Crippen molar-refractivity contribution in [2.75, 3.05) is 30.1 Å². The summed E-state index contributed by atoms with van der Waals surface area (Å²) in [4.78, 5) is 11.9. The van der Waals surface area contributed by atoms with Crippen molar-refractivity contribution < 1.29 is 9.53 Å². The van der Waals surface area contributed by atoms with Crippen LogP contribution in [0.1, 0.15) is 11.1 Å². The number of nitrogens with one attached hydrogen (secondary N) is 2. The first-order valence-electron chi connectivity index (χ1n) is 6.69. The highest BCUT2D eigenvalue weighted by Gasteiger charge is 2.09. The lowest BCUT2D eigenvalue weighted by molar-refractivity contribution is 0.218. The lowest BCUT2D eigenvalue weighted by Crippen LogP contribution is -2.19. The Balaban J connectivity index is 1.87. The van der Waals surface area contributed by atoms with Crippen molar-refractivity contribution in [2.45, 2.75) is 18.2 Å². The van der Waals surface area contributed by atoms with Gasteiger partial charge in [0.15, 0.2) is 4.34 Å². The molecule has 0 bridgehead atoms. The number of carbonyl (C=O) groups is 1. The summed E-state index contributed by atoms with van der Waals surface area (Å²) in [6.45, 7) is 4.69. The molecule has 0 unspecified atom stereocenters. The van der Waals surface area contributed by atoms with Crippen LogP contribution in [-0.4, -0.2) is 35.7 Å². The Morgan fingerprint density at radius 3 is 2.82 bits per heavy atom. The second-order valence-electron chi connectivity index (χ2n) is 4.59. The molecule has 0 atom stereocenters. The Labute approximate surface area is 137 Å². The Morgan fingerprint density at radius 1 is 1.27 bits per heavy atom. The van der Waals surface area contributed by atoms with Gasteiger partial charge in [0, 0.05) is 18.6 Å². The van der Waals surface area contributed by atoms with Gasteiger partial charge in [0.2, 0.25) is 5.13 Å². The molecule has 0 aliphatic heterocycles. The summed E-state index contributed by atoms with van der Waals surface area (Å²) < 4.78 is 5.78. The second kappa shape index (κ2) is 8.11. The number of aryl methyl sites for hydroxylation is 2. The zero-order chi connectivity index (χ0) is 15.9. The molecule has 0 saturated carbocycles. The molecule has 0 saturated heterocycles. The van der Waals surface area contributed by atoms with E-state index in [0.717, 1.165) is 21.3 Å². The van der Waals surface area contributed by atoms with Crippen molar-refractivity contribution in [3.8, 4) is 0 Å². The molecule has 6 nitrogen and oxygen atoms in total. The number of aromatic nitrogens is 2. The van der Waals surface area contributed by atoms with Crippen LogP contribution < -0.4 is 10.6 Å². The van der Waals surface area contributed by atoms with E-state index in [1.54, 1.807) is 18.9 Å². The molecular weight excluding hydrogens is 320 g/mol. The van der Waals surface area contributed by atoms with Crippen LogP contribution in [0, 0.1) is 13.8 Å². The third-order valence-corrected chi connectivity index (χ3v) is 4.84. The third-order valence-electron chi connectivity index (χ3n) is 2.90. The fourth-order valence-electron chi connectivity index (χ4n) is 1.61. The van der Waals surface area contributed by atoms with Crippen LogP contribution in [0.5, 0.6) is 0 Å². The van der Waals surface area contributed by atoms with E-state index < -0.39 is 0 Å². The number of amides is 2. The van der Waals surface area contributed by atoms with Crippen molar-refractivity contribution in [3.63, 3.8) is 0 Å². The predicted octanol–water partition coefficient (Wildman–Crippen LogP) is 3.54. The molecule has 118 valence electrons. The number of ether oxygens (including phenoxy) is 1. The fraction of sp³-hybridized carbons (Fsp3) is 0.357. The van der Waals surface area contributed by atoms with Gasteiger partial charge in [-0.25, -0.2) is 4.79 Å². The van der Waals surface area contributed by atoms with Crippen LogP contribution in [0.3, 0.4) is 0 Å². The number of urea groups is 1. The number of rotatable bonds is 6. The largest absolute Gasteiger partial charge is 0.384 e. The quantitative estimate of drug-likeness (QED) is 0.479. The number of thioether (sulfide) groups is 1. The van der Waals surface area contributed by atoms with E-state index in [1.807, 2.05) is 32.0 Å². The maximum absolute atomic E-state index is 11.9. The molecule has 1 heterocycles. The van der Waals surface area contributed by atoms with Crippen LogP contribution in [-0.2, 0) is 4.74 Å². The van der Waals surface area contributed by atoms with Gasteiger partial charge in [-0.05, 0) is 37.1 Å². The SMILES string of the molecule is COCCSc1nnc(NC(=O)Nc2ccc(C)c(C)c2)s1. The molecule has 22 heavy (non-hydrogen) atoms. The van der Waals surface area contributed by atoms with Crippen molar-refractivity contribution in [1.82, 2.24) is 10.2 Å². The Hall–Kier alpha value is -1.64. The standard InChI is InChI=1S/C14H18N4O2S2/c1-9-4-5-11(8-10(9)2)15-12(19)16-13-17-18-14(22-13)21-7-6-20-3/h4-5,8H,6-7H2,1-3H3,(H2,15,16,17,19). The summed E-state index contributed by atoms with van der Waals surface area (Å²) in [6.07, 6.45) is 0. The van der Waals surface area contributed by atoms with Crippen molar-refractivity contribution in [2.24, 2.45) is 0 Å². The lowest BCUT2D eigenvalue weighted by atomic mass is 10.1. The van der Waals surface area contributed by atoms with Gasteiger partial charge in [0.1, 0.15) is 0 Å². The van der Waals surface area contributed by atoms with Crippen LogP contribution in [0.25, 0.3) is 0 Å². The van der Waals surface area contributed by atoms with Gasteiger partial charge in [-0.2, -0.15) is 0 Å². The summed E-state index contributed by atoms with van der Waals surface area (Å²) in [6, 6.07) is 5.45. The average Bonchev–Trinajstić information content (AvgIpc) is 2.90. The third kappa shape index (κ3) is 4.97. The van der Waals surface area contributed by atoms with Gasteiger partial charge in [0.25, 0.3) is 0 Å². The van der Waals surface area contributed by atoms with E-state index in [-0.39, 0.29) is 6.03 Å². The van der Waals surface area contributed by atoms with Gasteiger partial charge in [-0.3, -0.25) is 5.32 Å². The highest BCUT2D eigenvalue weighted by molar-refractivity contribution is 8.01. The molecule has 2 amide bonds. The summed E-state index contributed by atoms with van der Waals surface area (Å²) in [5.41, 5.74) is 3.07. The zero-order valence-electron chi connectivity index (χ0n) is 12.7. The number of carbonyl (C=O) groups excluding carboxylic acids is 1. The maximum atomic E-state index is 11.9. The topological polar surface area (TPSA) is 76.1 Å². The number of hydrogen-bond acceptors (Lipinski definition) is 6. The van der Waals surface area contributed by atoms with Gasteiger partial charge < -0.3 is 10.1 Å². The molecule has 2 N–H and O–H groups in total. The number of hydrogen-bond donors (Lipinski definition) is 2. The Kier molecular flexibility index (Phi) is 6.17. The fourth-order valence-corrected chi connectivity index (χ4v) is 3.33. The van der Waals surface area contributed by atoms with Gasteiger partial charge in [-0.1, -0.05) is 29.2 Å². The normalized spacial score (nSPS) is 10.5. The molecule has 0 fully saturated rings. The van der Waals surface area contributed by atoms with E-state index >= 15 is 0 Å². The molecule has 0 spiro atoms. The molecule has 2 rings (SSSR count). The minimum atomic E-state index is -0.326. The van der Waals surface area contributed by atoms with E-state index in [2.05, 4.69) is 20.8 Å². The number of methoxy groups -OCH3 is 1. The highest BCUT2D eigenvalue weighted by atomic mass is 32.2. The summed E-state index contributed by atoms with van der Waals surface area (Å²) in [7, 11) is 1.66. The van der Waals surface area contributed by atoms with Crippen molar-refractivity contribution in [3.05, 3.63) is 29.3 Å². The summed E-state index contributed by atoms with van der Waals surface area (Å²) >= 11 is 2.89. The minimum Gasteiger partial charge on any atom is -0.384 e. The summed E-state index contributed by atoms with van der Waals surface area (Å²) in [5.74, 6) is 0.806. The predicted molar refractivity (Wildman–Crippen MR) is 91.1 cm³/mol. The van der Waals surface area contributed by atoms with Crippen LogP contribution >= 0.6 is 23.1 Å². The maximum Gasteiger partial charge on any atom is 0.325 e. The van der Waals surface area contributed by atoms with Crippen LogP contribution in [0.15, 0.2) is 22.5 Å². The first kappa shape index (κ1) is 16.7.